The molecule has 0 amide bonds. The van der Waals surface area contributed by atoms with Gasteiger partial charge in [0.2, 0.25) is 0 Å². The zero-order valence-electron chi connectivity index (χ0n) is 15.8. The Labute approximate surface area is 176 Å². The predicted molar refractivity (Wildman–Crippen MR) is 84.2 cm³/mol. The van der Waals surface area contributed by atoms with Gasteiger partial charge in [0.15, 0.2) is 18.1 Å². The van der Waals surface area contributed by atoms with E-state index < -0.39 is 91.7 Å². The van der Waals surface area contributed by atoms with Gasteiger partial charge in [-0.15, -0.1) is 0 Å². The first kappa shape index (κ1) is 25.3. The SMILES string of the molecule is O=C1CC(=O)OOC(=O)C(O)(CC(=O)OC2(O)O[C@H](CO)[C@@H](O)[C@H](O)[C@H]2O)CC(=O)OO1. The molecule has 0 bridgehead atoms. The van der Waals surface area contributed by atoms with Crippen molar-refractivity contribution >= 4 is 29.8 Å². The number of carbonyl (C=O) groups excluding carboxylic acids is 5. The van der Waals surface area contributed by atoms with Crippen molar-refractivity contribution in [2.45, 2.75) is 55.3 Å². The van der Waals surface area contributed by atoms with Crippen LogP contribution in [0.25, 0.3) is 0 Å². The van der Waals surface area contributed by atoms with Gasteiger partial charge < -0.3 is 40.1 Å². The summed E-state index contributed by atoms with van der Waals surface area (Å²) < 4.78 is 9.10. The molecule has 0 aromatic rings. The summed E-state index contributed by atoms with van der Waals surface area (Å²) in [6.45, 7) is -1.00. The van der Waals surface area contributed by atoms with Gasteiger partial charge >= 0.3 is 35.8 Å². The summed E-state index contributed by atoms with van der Waals surface area (Å²) in [5.41, 5.74) is -3.18. The average Bonchev–Trinajstić information content (AvgIpc) is 2.72. The van der Waals surface area contributed by atoms with E-state index in [0.717, 1.165) is 0 Å². The summed E-state index contributed by atoms with van der Waals surface area (Å²) >= 11 is 0. The minimum absolute atomic E-state index is 1.00. The van der Waals surface area contributed by atoms with Gasteiger partial charge in [0.05, 0.1) is 19.4 Å². The number of ether oxygens (including phenoxy) is 2. The third-order valence-corrected chi connectivity index (χ3v) is 4.17. The maximum absolute atomic E-state index is 12.2. The van der Waals surface area contributed by atoms with Crippen LogP contribution in [0.3, 0.4) is 0 Å². The van der Waals surface area contributed by atoms with Crippen LogP contribution in [0.15, 0.2) is 0 Å². The van der Waals surface area contributed by atoms with Crippen LogP contribution >= 0.6 is 0 Å². The fraction of sp³-hybridized carbons (Fsp3) is 0.667. The molecule has 2 saturated heterocycles. The molecule has 6 N–H and O–H groups in total. The molecular weight excluding hydrogens is 452 g/mol. The van der Waals surface area contributed by atoms with Crippen molar-refractivity contribution in [3.8, 4) is 0 Å². The van der Waals surface area contributed by atoms with E-state index in [0.29, 0.717) is 0 Å². The third-order valence-electron chi connectivity index (χ3n) is 4.17. The maximum Gasteiger partial charge on any atom is 0.387 e. The summed E-state index contributed by atoms with van der Waals surface area (Å²) in [6, 6.07) is 0. The van der Waals surface area contributed by atoms with Crippen LogP contribution in [0, 0.1) is 0 Å². The average molecular weight is 470 g/mol. The molecule has 32 heavy (non-hydrogen) atoms. The highest BCUT2D eigenvalue weighted by atomic mass is 17.2. The van der Waals surface area contributed by atoms with Gasteiger partial charge in [0.1, 0.15) is 18.3 Å². The molecule has 17 heteroatoms. The molecule has 0 radical (unpaired) electrons. The van der Waals surface area contributed by atoms with E-state index >= 15 is 0 Å². The van der Waals surface area contributed by atoms with Crippen molar-refractivity contribution in [1.82, 2.24) is 0 Å². The molecule has 2 rings (SSSR count). The number of carbonyl (C=O) groups is 5. The Hall–Kier alpha value is -2.93. The lowest BCUT2D eigenvalue weighted by atomic mass is 9.95. The minimum Gasteiger partial charge on any atom is -0.405 e. The third kappa shape index (κ3) is 5.65. The van der Waals surface area contributed by atoms with Crippen LogP contribution in [-0.4, -0.2) is 103 Å². The summed E-state index contributed by atoms with van der Waals surface area (Å²) in [4.78, 5) is 74.3. The number of rotatable bonds is 4. The summed E-state index contributed by atoms with van der Waals surface area (Å²) in [5, 5.41) is 58.9. The molecule has 0 spiro atoms. The summed E-state index contributed by atoms with van der Waals surface area (Å²) in [5.74, 6) is -11.6. The van der Waals surface area contributed by atoms with Gasteiger partial charge in [0.25, 0.3) is 0 Å². The highest BCUT2D eigenvalue weighted by molar-refractivity contribution is 5.93. The quantitative estimate of drug-likeness (QED) is 0.0968. The van der Waals surface area contributed by atoms with Crippen LogP contribution in [0.5, 0.6) is 0 Å². The van der Waals surface area contributed by atoms with E-state index in [2.05, 4.69) is 29.0 Å². The Morgan fingerprint density at radius 2 is 1.50 bits per heavy atom. The lowest BCUT2D eigenvalue weighted by Crippen LogP contribution is -2.66. The van der Waals surface area contributed by atoms with E-state index in [1.54, 1.807) is 0 Å². The van der Waals surface area contributed by atoms with Crippen molar-refractivity contribution in [2.24, 2.45) is 0 Å². The van der Waals surface area contributed by atoms with E-state index in [9.17, 15) is 49.5 Å². The number of aliphatic hydroxyl groups is 6. The Morgan fingerprint density at radius 3 is 2.09 bits per heavy atom. The molecule has 2 aliphatic rings. The smallest absolute Gasteiger partial charge is 0.387 e. The van der Waals surface area contributed by atoms with Crippen molar-refractivity contribution in [1.29, 1.82) is 0 Å². The largest absolute Gasteiger partial charge is 0.405 e. The Morgan fingerprint density at radius 1 is 0.938 bits per heavy atom. The molecule has 2 aliphatic heterocycles. The molecule has 0 saturated carbocycles. The zero-order chi connectivity index (χ0) is 24.3. The van der Waals surface area contributed by atoms with Crippen LogP contribution in [0.2, 0.25) is 0 Å². The molecule has 2 unspecified atom stereocenters. The Bertz CT molecular complexity index is 778. The van der Waals surface area contributed by atoms with E-state index in [1.807, 2.05) is 0 Å². The molecule has 6 atom stereocenters. The molecule has 0 aromatic carbocycles. The first-order valence-electron chi connectivity index (χ1n) is 8.62. The highest BCUT2D eigenvalue weighted by Gasteiger charge is 2.57. The van der Waals surface area contributed by atoms with Gasteiger partial charge in [-0.25, -0.2) is 38.7 Å². The van der Waals surface area contributed by atoms with Crippen LogP contribution in [0.1, 0.15) is 19.3 Å². The monoisotopic (exact) mass is 470 g/mol. The Balaban J connectivity index is 2.18. The predicted octanol–water partition coefficient (Wildman–Crippen LogP) is -5.43. The van der Waals surface area contributed by atoms with Gasteiger partial charge in [-0.3, -0.25) is 4.79 Å². The lowest BCUT2D eigenvalue weighted by Gasteiger charge is -2.43. The summed E-state index contributed by atoms with van der Waals surface area (Å²) in [6.07, 6.45) is -12.4. The van der Waals surface area contributed by atoms with Gasteiger partial charge in [0, 0.05) is 0 Å². The van der Waals surface area contributed by atoms with E-state index in [-0.39, 0.29) is 0 Å². The van der Waals surface area contributed by atoms with Gasteiger partial charge in [-0.1, -0.05) is 0 Å². The number of hydrogen-bond donors (Lipinski definition) is 6. The molecule has 180 valence electrons. The highest BCUT2D eigenvalue weighted by Crippen LogP contribution is 2.31. The molecular formula is C15H18O17. The topological polar surface area (TPSA) is 262 Å². The first-order chi connectivity index (χ1) is 14.8. The van der Waals surface area contributed by atoms with E-state index in [1.165, 1.54) is 0 Å². The summed E-state index contributed by atoms with van der Waals surface area (Å²) in [7, 11) is 0. The van der Waals surface area contributed by atoms with Crippen molar-refractivity contribution in [3.05, 3.63) is 0 Å². The second kappa shape index (κ2) is 9.69. The van der Waals surface area contributed by atoms with Crippen molar-refractivity contribution in [2.75, 3.05) is 6.61 Å². The Kier molecular flexibility index (Phi) is 7.67. The first-order valence-corrected chi connectivity index (χ1v) is 8.62. The van der Waals surface area contributed by atoms with Crippen molar-refractivity contribution < 1.29 is 83.6 Å². The molecule has 0 aliphatic carbocycles. The molecule has 2 heterocycles. The number of aliphatic hydroxyl groups excluding tert-OH is 4. The maximum atomic E-state index is 12.2. The fourth-order valence-electron chi connectivity index (χ4n) is 2.55. The van der Waals surface area contributed by atoms with Crippen molar-refractivity contribution in [3.63, 3.8) is 0 Å². The van der Waals surface area contributed by atoms with Gasteiger partial charge in [-0.2, -0.15) is 0 Å². The number of hydrogen-bond acceptors (Lipinski definition) is 17. The standard InChI is InChI=1S/C15H18O17/c16-4-5-10(21)11(22)12(23)15(26,27-5)28-8(19)2-14(25)3-9(20)31-29-6(17)1-7(18)30-32-13(14)24/h5,10-12,16,21-23,25-26H,1-4H2/t5-,10-,11+,12-,14?,15?/m1/s1. The van der Waals surface area contributed by atoms with Crippen LogP contribution in [-0.2, 0) is 53.0 Å². The molecule has 2 fully saturated rings. The second-order valence-corrected chi connectivity index (χ2v) is 6.67. The molecule has 0 aromatic heterocycles. The second-order valence-electron chi connectivity index (χ2n) is 6.67. The number of esters is 1. The van der Waals surface area contributed by atoms with Crippen LogP contribution in [0.4, 0.5) is 0 Å². The normalized spacial score (nSPS) is 36.7. The lowest BCUT2D eigenvalue weighted by molar-refractivity contribution is -0.434. The minimum atomic E-state index is -3.38. The zero-order valence-corrected chi connectivity index (χ0v) is 15.8. The van der Waals surface area contributed by atoms with Gasteiger partial charge in [-0.05, 0) is 0 Å². The fourth-order valence-corrected chi connectivity index (χ4v) is 2.55. The van der Waals surface area contributed by atoms with Crippen LogP contribution < -0.4 is 0 Å². The van der Waals surface area contributed by atoms with E-state index in [4.69, 9.17) is 5.11 Å². The molecule has 17 nitrogen and oxygen atoms in total.